The summed E-state index contributed by atoms with van der Waals surface area (Å²) in [7, 11) is 0. The van der Waals surface area contributed by atoms with Gasteiger partial charge in [-0.2, -0.15) is 0 Å². The minimum absolute atomic E-state index is 0.164. The molecule has 0 aliphatic rings. The number of hydrogen-bond acceptors (Lipinski definition) is 3. The number of halogens is 1. The predicted octanol–water partition coefficient (Wildman–Crippen LogP) is 2.62. The molecule has 18 heavy (non-hydrogen) atoms. The molecule has 0 spiro atoms. The third-order valence-corrected chi connectivity index (χ3v) is 2.53. The molecule has 0 saturated carbocycles. The van der Waals surface area contributed by atoms with E-state index in [2.05, 4.69) is 15.3 Å². The fourth-order valence-corrected chi connectivity index (χ4v) is 1.71. The van der Waals surface area contributed by atoms with Gasteiger partial charge in [-0.1, -0.05) is 41.4 Å². The van der Waals surface area contributed by atoms with Crippen LogP contribution in [-0.2, 0) is 11.2 Å². The number of rotatable bonds is 3. The van der Waals surface area contributed by atoms with Crippen LogP contribution in [0.2, 0.25) is 5.15 Å². The molecule has 0 saturated heterocycles. The van der Waals surface area contributed by atoms with Crippen molar-refractivity contribution in [2.45, 2.75) is 13.3 Å². The standard InChI is InChI=1S/C13H12ClN3O/c1-9-3-2-4-10(7-9)8-12(18)17-13-15-6-5-11(14)16-13/h2-7H,8H2,1H3,(H,15,16,17,18). The smallest absolute Gasteiger partial charge is 0.231 e. The van der Waals surface area contributed by atoms with Crippen molar-refractivity contribution in [3.8, 4) is 0 Å². The number of nitrogens with zero attached hydrogens (tertiary/aromatic N) is 2. The van der Waals surface area contributed by atoms with Crippen LogP contribution >= 0.6 is 11.6 Å². The Kier molecular flexibility index (Phi) is 3.89. The molecule has 0 aliphatic heterocycles. The molecule has 0 bridgehead atoms. The molecule has 2 rings (SSSR count). The van der Waals surface area contributed by atoms with E-state index in [9.17, 15) is 4.79 Å². The predicted molar refractivity (Wildman–Crippen MR) is 70.6 cm³/mol. The Morgan fingerprint density at radius 1 is 1.39 bits per heavy atom. The molecule has 5 heteroatoms. The van der Waals surface area contributed by atoms with E-state index < -0.39 is 0 Å². The molecule has 0 unspecified atom stereocenters. The zero-order valence-corrected chi connectivity index (χ0v) is 10.6. The quantitative estimate of drug-likeness (QED) is 0.864. The molecule has 1 amide bonds. The van der Waals surface area contributed by atoms with Crippen LogP contribution in [-0.4, -0.2) is 15.9 Å². The second kappa shape index (κ2) is 5.60. The van der Waals surface area contributed by atoms with Crippen molar-refractivity contribution in [3.63, 3.8) is 0 Å². The summed E-state index contributed by atoms with van der Waals surface area (Å²) in [5.74, 6) is 0.0584. The van der Waals surface area contributed by atoms with Gasteiger partial charge in [0.2, 0.25) is 11.9 Å². The molecule has 0 radical (unpaired) electrons. The van der Waals surface area contributed by atoms with Gasteiger partial charge >= 0.3 is 0 Å². The zero-order chi connectivity index (χ0) is 13.0. The maximum atomic E-state index is 11.8. The van der Waals surface area contributed by atoms with Crippen molar-refractivity contribution in [2.75, 3.05) is 5.32 Å². The molecule has 1 aromatic heterocycles. The lowest BCUT2D eigenvalue weighted by atomic mass is 10.1. The van der Waals surface area contributed by atoms with Crippen LogP contribution in [0.15, 0.2) is 36.5 Å². The number of anilines is 1. The highest BCUT2D eigenvalue weighted by Crippen LogP contribution is 2.08. The second-order valence-electron chi connectivity index (χ2n) is 3.92. The van der Waals surface area contributed by atoms with Crippen LogP contribution in [0, 0.1) is 6.92 Å². The number of carbonyl (C=O) groups excluding carboxylic acids is 1. The zero-order valence-electron chi connectivity index (χ0n) is 9.85. The van der Waals surface area contributed by atoms with Crippen molar-refractivity contribution in [2.24, 2.45) is 0 Å². The average Bonchev–Trinajstić information content (AvgIpc) is 2.28. The minimum atomic E-state index is -0.164. The Bertz CT molecular complexity index is 522. The first-order valence-electron chi connectivity index (χ1n) is 5.47. The molecular weight excluding hydrogens is 250 g/mol. The van der Waals surface area contributed by atoms with Gasteiger partial charge in [0.1, 0.15) is 5.15 Å². The van der Waals surface area contributed by atoms with Gasteiger partial charge in [0.05, 0.1) is 6.42 Å². The monoisotopic (exact) mass is 261 g/mol. The van der Waals surface area contributed by atoms with Crippen molar-refractivity contribution < 1.29 is 4.79 Å². The van der Waals surface area contributed by atoms with Crippen molar-refractivity contribution in [3.05, 3.63) is 52.8 Å². The molecule has 1 heterocycles. The van der Waals surface area contributed by atoms with Gasteiger partial charge in [0.15, 0.2) is 0 Å². The number of nitrogens with one attached hydrogen (secondary N) is 1. The Hall–Kier alpha value is -1.94. The lowest BCUT2D eigenvalue weighted by Gasteiger charge is -2.04. The van der Waals surface area contributed by atoms with E-state index in [0.29, 0.717) is 5.15 Å². The largest absolute Gasteiger partial charge is 0.294 e. The topological polar surface area (TPSA) is 54.9 Å². The van der Waals surface area contributed by atoms with Gasteiger partial charge in [-0.15, -0.1) is 0 Å². The van der Waals surface area contributed by atoms with E-state index in [1.165, 1.54) is 6.20 Å². The van der Waals surface area contributed by atoms with Gasteiger partial charge < -0.3 is 0 Å². The fourth-order valence-electron chi connectivity index (χ4n) is 1.57. The van der Waals surface area contributed by atoms with E-state index >= 15 is 0 Å². The molecule has 4 nitrogen and oxygen atoms in total. The fraction of sp³-hybridized carbons (Fsp3) is 0.154. The van der Waals surface area contributed by atoms with Crippen molar-refractivity contribution >= 4 is 23.5 Å². The summed E-state index contributed by atoms with van der Waals surface area (Å²) in [6, 6.07) is 9.34. The Balaban J connectivity index is 2.01. The van der Waals surface area contributed by atoms with E-state index in [-0.39, 0.29) is 18.3 Å². The third kappa shape index (κ3) is 3.53. The number of benzene rings is 1. The Morgan fingerprint density at radius 2 is 2.22 bits per heavy atom. The van der Waals surface area contributed by atoms with Crippen LogP contribution in [0.25, 0.3) is 0 Å². The van der Waals surface area contributed by atoms with Crippen molar-refractivity contribution in [1.82, 2.24) is 9.97 Å². The maximum absolute atomic E-state index is 11.8. The highest BCUT2D eigenvalue weighted by atomic mass is 35.5. The first-order chi connectivity index (χ1) is 8.63. The molecular formula is C13H12ClN3O. The molecule has 0 atom stereocenters. The van der Waals surface area contributed by atoms with Gasteiger partial charge in [-0.25, -0.2) is 9.97 Å². The minimum Gasteiger partial charge on any atom is -0.294 e. The first kappa shape index (κ1) is 12.5. The third-order valence-electron chi connectivity index (χ3n) is 2.32. The summed E-state index contributed by atoms with van der Waals surface area (Å²) >= 11 is 5.71. The van der Waals surface area contributed by atoms with E-state index in [1.54, 1.807) is 6.07 Å². The lowest BCUT2D eigenvalue weighted by molar-refractivity contribution is -0.115. The SMILES string of the molecule is Cc1cccc(CC(=O)Nc2nccc(Cl)n2)c1. The summed E-state index contributed by atoms with van der Waals surface area (Å²) in [4.78, 5) is 19.6. The van der Waals surface area contributed by atoms with Crippen LogP contribution < -0.4 is 5.32 Å². The van der Waals surface area contributed by atoms with E-state index in [0.717, 1.165) is 11.1 Å². The van der Waals surface area contributed by atoms with Crippen LogP contribution in [0.3, 0.4) is 0 Å². The first-order valence-corrected chi connectivity index (χ1v) is 5.85. The summed E-state index contributed by atoms with van der Waals surface area (Å²) in [6.45, 7) is 1.99. The van der Waals surface area contributed by atoms with Gasteiger partial charge in [-0.3, -0.25) is 10.1 Å². The number of carbonyl (C=O) groups is 1. The van der Waals surface area contributed by atoms with Crippen LogP contribution in [0.1, 0.15) is 11.1 Å². The molecule has 1 aromatic carbocycles. The van der Waals surface area contributed by atoms with Gasteiger partial charge in [0.25, 0.3) is 0 Å². The molecule has 0 fully saturated rings. The molecule has 1 N–H and O–H groups in total. The molecule has 0 aliphatic carbocycles. The van der Waals surface area contributed by atoms with Crippen LogP contribution in [0.5, 0.6) is 0 Å². The highest BCUT2D eigenvalue weighted by molar-refractivity contribution is 6.29. The maximum Gasteiger partial charge on any atom is 0.231 e. The lowest BCUT2D eigenvalue weighted by Crippen LogP contribution is -2.16. The highest BCUT2D eigenvalue weighted by Gasteiger charge is 2.06. The second-order valence-corrected chi connectivity index (χ2v) is 4.30. The Morgan fingerprint density at radius 3 is 2.94 bits per heavy atom. The van der Waals surface area contributed by atoms with E-state index in [1.807, 2.05) is 31.2 Å². The molecule has 2 aromatic rings. The van der Waals surface area contributed by atoms with Gasteiger partial charge in [-0.05, 0) is 18.6 Å². The van der Waals surface area contributed by atoms with Crippen LogP contribution in [0.4, 0.5) is 5.95 Å². The number of amides is 1. The summed E-state index contributed by atoms with van der Waals surface area (Å²) in [6.07, 6.45) is 1.79. The van der Waals surface area contributed by atoms with Gasteiger partial charge in [0, 0.05) is 6.20 Å². The number of aromatic nitrogens is 2. The average molecular weight is 262 g/mol. The Labute approximate surface area is 110 Å². The number of aryl methyl sites for hydroxylation is 1. The normalized spacial score (nSPS) is 10.1. The summed E-state index contributed by atoms with van der Waals surface area (Å²) < 4.78 is 0. The summed E-state index contributed by atoms with van der Waals surface area (Å²) in [5, 5.41) is 2.91. The number of hydrogen-bond donors (Lipinski definition) is 1. The molecule has 92 valence electrons. The van der Waals surface area contributed by atoms with Crippen molar-refractivity contribution in [1.29, 1.82) is 0 Å². The summed E-state index contributed by atoms with van der Waals surface area (Å²) in [5.41, 5.74) is 2.08. The van der Waals surface area contributed by atoms with E-state index in [4.69, 9.17) is 11.6 Å².